The van der Waals surface area contributed by atoms with Gasteiger partial charge in [-0.3, -0.25) is 19.2 Å². The highest BCUT2D eigenvalue weighted by molar-refractivity contribution is 5.93. The first-order valence-corrected chi connectivity index (χ1v) is 16.7. The van der Waals surface area contributed by atoms with Crippen LogP contribution in [0.2, 0.25) is 0 Å². The van der Waals surface area contributed by atoms with Crippen molar-refractivity contribution in [2.24, 2.45) is 5.73 Å². The van der Waals surface area contributed by atoms with Crippen LogP contribution in [0, 0.1) is 0 Å². The standard InChI is InChI=1S/C36H50N6O9/c1-35(2,3)40-31(46)27-18-24(51-34(49)41-36(4,5)6)20-42(27)32(47)29(44)25(17-22-13-9-7-10-14-22)38-30(45)26(19-28(37)43)39-33(48)50-21-23-15-11-8-12-16-23/h7-16,24-27,29,44H,17-21H2,1-6H3,(H2,37,43)(H,38,45)(H,39,48)(H,40,46)(H,41,49)/t24-,25+,26+,27+,29+/m1/s1. The second kappa shape index (κ2) is 17.7. The molecular weight excluding hydrogens is 660 g/mol. The number of aliphatic hydroxyl groups excluding tert-OH is 1. The molecule has 6 amide bonds. The third-order valence-corrected chi connectivity index (χ3v) is 7.58. The number of amides is 6. The fraction of sp³-hybridized carbons (Fsp3) is 0.500. The SMILES string of the molecule is CC(C)(C)NC(=O)O[C@@H]1C[C@@H](C(=O)NC(C)(C)C)N(C(=O)[C@@H](O)[C@H](Cc2ccccc2)NC(=O)[C@H](CC(N)=O)NC(=O)OCc2ccccc2)C1. The number of likely N-dealkylation sites (tertiary alicyclic amines) is 1. The highest BCUT2D eigenvalue weighted by Crippen LogP contribution is 2.24. The van der Waals surface area contributed by atoms with Crippen LogP contribution >= 0.6 is 0 Å². The Hall–Kier alpha value is -5.18. The predicted molar refractivity (Wildman–Crippen MR) is 187 cm³/mol. The van der Waals surface area contributed by atoms with Crippen molar-refractivity contribution in [3.8, 4) is 0 Å². The van der Waals surface area contributed by atoms with E-state index in [2.05, 4.69) is 21.3 Å². The van der Waals surface area contributed by atoms with Gasteiger partial charge < -0.3 is 46.5 Å². The van der Waals surface area contributed by atoms with Gasteiger partial charge in [0, 0.05) is 17.5 Å². The van der Waals surface area contributed by atoms with Crippen molar-refractivity contribution in [3.05, 3.63) is 71.8 Å². The minimum Gasteiger partial charge on any atom is -0.445 e. The highest BCUT2D eigenvalue weighted by atomic mass is 16.6. The van der Waals surface area contributed by atoms with Gasteiger partial charge in [0.2, 0.25) is 17.7 Å². The molecule has 2 aromatic rings. The number of carbonyl (C=O) groups is 6. The summed E-state index contributed by atoms with van der Waals surface area (Å²) in [6.45, 7) is 10.3. The number of hydrogen-bond donors (Lipinski definition) is 6. The van der Waals surface area contributed by atoms with E-state index in [9.17, 15) is 33.9 Å². The van der Waals surface area contributed by atoms with Crippen LogP contribution < -0.4 is 27.0 Å². The van der Waals surface area contributed by atoms with Crippen LogP contribution in [0.3, 0.4) is 0 Å². The van der Waals surface area contributed by atoms with E-state index in [1.165, 1.54) is 0 Å². The van der Waals surface area contributed by atoms with Crippen LogP contribution in [0.4, 0.5) is 9.59 Å². The van der Waals surface area contributed by atoms with Gasteiger partial charge in [0.1, 0.15) is 24.8 Å². The first-order chi connectivity index (χ1) is 23.8. The summed E-state index contributed by atoms with van der Waals surface area (Å²) in [6.07, 6.45) is -5.23. The molecule has 1 saturated heterocycles. The Labute approximate surface area is 298 Å². The lowest BCUT2D eigenvalue weighted by molar-refractivity contribution is -0.147. The van der Waals surface area contributed by atoms with Gasteiger partial charge in [-0.1, -0.05) is 60.7 Å². The maximum absolute atomic E-state index is 14.1. The lowest BCUT2D eigenvalue weighted by Gasteiger charge is -2.32. The summed E-state index contributed by atoms with van der Waals surface area (Å²) >= 11 is 0. The Kier molecular flexibility index (Phi) is 13.9. The lowest BCUT2D eigenvalue weighted by Crippen LogP contribution is -2.59. The van der Waals surface area contributed by atoms with Crippen molar-refractivity contribution in [2.75, 3.05) is 6.54 Å². The van der Waals surface area contributed by atoms with Gasteiger partial charge >= 0.3 is 12.2 Å². The van der Waals surface area contributed by atoms with Gasteiger partial charge in [-0.05, 0) is 59.1 Å². The van der Waals surface area contributed by atoms with Crippen molar-refractivity contribution in [3.63, 3.8) is 0 Å². The smallest absolute Gasteiger partial charge is 0.408 e. The number of alkyl carbamates (subject to hydrolysis) is 2. The van der Waals surface area contributed by atoms with Crippen molar-refractivity contribution in [1.82, 2.24) is 26.2 Å². The molecule has 2 aromatic carbocycles. The van der Waals surface area contributed by atoms with Crippen LogP contribution in [-0.4, -0.2) is 93.8 Å². The Bertz CT molecular complexity index is 1530. The summed E-state index contributed by atoms with van der Waals surface area (Å²) in [5.74, 6) is -3.24. The van der Waals surface area contributed by atoms with Gasteiger partial charge in [-0.2, -0.15) is 0 Å². The van der Waals surface area contributed by atoms with Gasteiger partial charge in [0.05, 0.1) is 19.0 Å². The van der Waals surface area contributed by atoms with E-state index in [0.717, 1.165) is 4.90 Å². The second-order valence-corrected chi connectivity index (χ2v) is 14.6. The first-order valence-electron chi connectivity index (χ1n) is 16.7. The number of hydrogen-bond acceptors (Lipinski definition) is 9. The summed E-state index contributed by atoms with van der Waals surface area (Å²) in [6, 6.07) is 13.6. The second-order valence-electron chi connectivity index (χ2n) is 14.6. The van der Waals surface area contributed by atoms with Crippen LogP contribution in [0.1, 0.15) is 65.5 Å². The average molecular weight is 711 g/mol. The van der Waals surface area contributed by atoms with E-state index in [0.29, 0.717) is 11.1 Å². The molecule has 1 fully saturated rings. The summed E-state index contributed by atoms with van der Waals surface area (Å²) in [5, 5.41) is 22.0. The Morgan fingerprint density at radius 2 is 1.41 bits per heavy atom. The molecule has 278 valence electrons. The molecule has 51 heavy (non-hydrogen) atoms. The van der Waals surface area contributed by atoms with Gasteiger partial charge in [-0.15, -0.1) is 0 Å². The van der Waals surface area contributed by atoms with Crippen LogP contribution in [0.25, 0.3) is 0 Å². The molecule has 1 aliphatic rings. The minimum atomic E-state index is -1.92. The maximum Gasteiger partial charge on any atom is 0.408 e. The van der Waals surface area contributed by atoms with Crippen LogP contribution in [-0.2, 0) is 41.7 Å². The lowest BCUT2D eigenvalue weighted by atomic mass is 9.99. The van der Waals surface area contributed by atoms with E-state index in [1.807, 2.05) is 0 Å². The number of carbonyl (C=O) groups excluding carboxylic acids is 6. The molecule has 1 aliphatic heterocycles. The van der Waals surface area contributed by atoms with Gasteiger partial charge in [0.25, 0.3) is 5.91 Å². The Morgan fingerprint density at radius 1 is 0.843 bits per heavy atom. The van der Waals surface area contributed by atoms with Crippen molar-refractivity contribution in [2.45, 2.75) is 109 Å². The molecule has 0 radical (unpaired) electrons. The number of ether oxygens (including phenoxy) is 2. The molecule has 15 heteroatoms. The number of nitrogens with two attached hydrogens (primary N) is 1. The highest BCUT2D eigenvalue weighted by Gasteiger charge is 2.45. The summed E-state index contributed by atoms with van der Waals surface area (Å²) < 4.78 is 10.8. The first kappa shape index (κ1) is 40.3. The van der Waals surface area contributed by atoms with Crippen LogP contribution in [0.15, 0.2) is 60.7 Å². The largest absolute Gasteiger partial charge is 0.445 e. The van der Waals surface area contributed by atoms with E-state index >= 15 is 0 Å². The quantitative estimate of drug-likeness (QED) is 0.178. The number of benzene rings is 2. The molecule has 3 rings (SSSR count). The number of nitrogens with one attached hydrogen (secondary N) is 4. The van der Waals surface area contributed by atoms with E-state index in [-0.39, 0.29) is 26.0 Å². The van der Waals surface area contributed by atoms with Gasteiger partial charge in [-0.25, -0.2) is 9.59 Å². The molecule has 1 heterocycles. The van der Waals surface area contributed by atoms with Crippen molar-refractivity contribution < 1.29 is 43.3 Å². The van der Waals surface area contributed by atoms with Crippen molar-refractivity contribution >= 4 is 35.8 Å². The molecule has 0 saturated carbocycles. The third-order valence-electron chi connectivity index (χ3n) is 7.58. The predicted octanol–water partition coefficient (Wildman–Crippen LogP) is 1.65. The molecule has 0 unspecified atom stereocenters. The summed E-state index contributed by atoms with van der Waals surface area (Å²) in [4.78, 5) is 79.4. The molecule has 7 N–H and O–H groups in total. The number of primary amides is 1. The average Bonchev–Trinajstić information content (AvgIpc) is 3.45. The van der Waals surface area contributed by atoms with E-state index < -0.39 is 83.6 Å². The Morgan fingerprint density at radius 3 is 1.96 bits per heavy atom. The molecule has 15 nitrogen and oxygen atoms in total. The van der Waals surface area contributed by atoms with E-state index in [4.69, 9.17) is 15.2 Å². The molecule has 0 spiro atoms. The fourth-order valence-electron chi connectivity index (χ4n) is 5.37. The third kappa shape index (κ3) is 13.6. The van der Waals surface area contributed by atoms with E-state index in [1.54, 1.807) is 102 Å². The number of rotatable bonds is 13. The zero-order valence-corrected chi connectivity index (χ0v) is 29.9. The summed E-state index contributed by atoms with van der Waals surface area (Å²) in [5.41, 5.74) is 5.44. The zero-order valence-electron chi connectivity index (χ0n) is 29.9. The zero-order chi connectivity index (χ0) is 37.9. The fourth-order valence-corrected chi connectivity index (χ4v) is 5.37. The van der Waals surface area contributed by atoms with Crippen molar-refractivity contribution in [1.29, 1.82) is 0 Å². The minimum absolute atomic E-state index is 0.0383. The summed E-state index contributed by atoms with van der Waals surface area (Å²) in [7, 11) is 0. The molecule has 5 atom stereocenters. The molecule has 0 bridgehead atoms. The Balaban J connectivity index is 1.85. The van der Waals surface area contributed by atoms with Gasteiger partial charge in [0.15, 0.2) is 6.10 Å². The molecular formula is C36H50N6O9. The normalized spacial score (nSPS) is 17.7. The molecule has 0 aromatic heterocycles. The topological polar surface area (TPSA) is 218 Å². The monoisotopic (exact) mass is 710 g/mol. The van der Waals surface area contributed by atoms with Crippen LogP contribution in [0.5, 0.6) is 0 Å². The molecule has 0 aliphatic carbocycles. The number of aliphatic hydroxyl groups is 1. The maximum atomic E-state index is 14.1. The number of nitrogens with zero attached hydrogens (tertiary/aromatic N) is 1.